The lowest BCUT2D eigenvalue weighted by molar-refractivity contribution is -0.385. The van der Waals surface area contributed by atoms with Gasteiger partial charge in [-0.2, -0.15) is 5.26 Å². The fraction of sp³-hybridized carbons (Fsp3) is 0.417. The molecule has 0 amide bonds. The van der Waals surface area contributed by atoms with Crippen LogP contribution < -0.4 is 5.32 Å². The van der Waals surface area contributed by atoms with Crippen molar-refractivity contribution >= 4 is 11.4 Å². The summed E-state index contributed by atoms with van der Waals surface area (Å²) in [5.74, 6) is 0. The van der Waals surface area contributed by atoms with Crippen LogP contribution >= 0.6 is 0 Å². The molecule has 0 aliphatic rings. The van der Waals surface area contributed by atoms with Crippen LogP contribution in [0.4, 0.5) is 11.4 Å². The Bertz CT molecular complexity index is 471. The summed E-state index contributed by atoms with van der Waals surface area (Å²) in [6.45, 7) is 1.40. The van der Waals surface area contributed by atoms with Crippen LogP contribution in [-0.4, -0.2) is 36.4 Å². The van der Waals surface area contributed by atoms with Crippen LogP contribution in [0.2, 0.25) is 0 Å². The summed E-state index contributed by atoms with van der Waals surface area (Å²) in [5.41, 5.74) is 0.429. The van der Waals surface area contributed by atoms with Crippen molar-refractivity contribution in [2.75, 3.05) is 31.7 Å². The minimum atomic E-state index is -0.575. The molecule has 1 aromatic rings. The number of nitro benzene ring substituents is 1. The standard InChI is InChI=1S/C12H15N3O4/c13-9-10-2-3-11(8-12(10)15(17)18)14-4-1-6-19-7-5-16/h2-3,8,14,16H,1,4-7H2. The Balaban J connectivity index is 2.49. The molecule has 0 aliphatic heterocycles. The Morgan fingerprint density at radius 3 is 2.89 bits per heavy atom. The highest BCUT2D eigenvalue weighted by Crippen LogP contribution is 2.22. The Hall–Kier alpha value is -2.17. The summed E-state index contributed by atoms with van der Waals surface area (Å²) in [7, 11) is 0. The van der Waals surface area contributed by atoms with E-state index >= 15 is 0 Å². The number of nitriles is 1. The van der Waals surface area contributed by atoms with E-state index < -0.39 is 4.92 Å². The summed E-state index contributed by atoms with van der Waals surface area (Å²) < 4.78 is 5.08. The number of anilines is 1. The molecule has 19 heavy (non-hydrogen) atoms. The summed E-state index contributed by atoms with van der Waals surface area (Å²) in [5, 5.41) is 31.0. The molecule has 102 valence electrons. The zero-order valence-electron chi connectivity index (χ0n) is 10.3. The molecular weight excluding hydrogens is 250 g/mol. The first kappa shape index (κ1) is 14.9. The maximum Gasteiger partial charge on any atom is 0.289 e. The lowest BCUT2D eigenvalue weighted by atomic mass is 10.2. The van der Waals surface area contributed by atoms with E-state index in [0.29, 0.717) is 31.9 Å². The van der Waals surface area contributed by atoms with Gasteiger partial charge >= 0.3 is 0 Å². The molecule has 0 spiro atoms. The van der Waals surface area contributed by atoms with Gasteiger partial charge in [0, 0.05) is 24.9 Å². The largest absolute Gasteiger partial charge is 0.394 e. The highest BCUT2D eigenvalue weighted by molar-refractivity contribution is 5.59. The van der Waals surface area contributed by atoms with Gasteiger partial charge in [-0.15, -0.1) is 0 Å². The SMILES string of the molecule is N#Cc1ccc(NCCCOCCO)cc1[N+](=O)[O-]. The molecule has 0 heterocycles. The maximum absolute atomic E-state index is 10.8. The second-order valence-corrected chi connectivity index (χ2v) is 3.72. The van der Waals surface area contributed by atoms with E-state index in [4.69, 9.17) is 15.1 Å². The molecule has 0 saturated heterocycles. The van der Waals surface area contributed by atoms with E-state index in [9.17, 15) is 10.1 Å². The molecule has 7 nitrogen and oxygen atoms in total. The van der Waals surface area contributed by atoms with E-state index in [2.05, 4.69) is 5.32 Å². The lowest BCUT2D eigenvalue weighted by Gasteiger charge is -2.07. The molecule has 0 aromatic heterocycles. The Morgan fingerprint density at radius 2 is 2.26 bits per heavy atom. The summed E-state index contributed by atoms with van der Waals surface area (Å²) in [6, 6.07) is 6.17. The Labute approximate surface area is 110 Å². The first-order valence-corrected chi connectivity index (χ1v) is 5.80. The summed E-state index contributed by atoms with van der Waals surface area (Å²) in [4.78, 5) is 10.2. The van der Waals surface area contributed by atoms with Gasteiger partial charge in [-0.1, -0.05) is 0 Å². The average Bonchev–Trinajstić information content (AvgIpc) is 2.42. The van der Waals surface area contributed by atoms with Crippen molar-refractivity contribution in [3.05, 3.63) is 33.9 Å². The van der Waals surface area contributed by atoms with Gasteiger partial charge in [0.15, 0.2) is 0 Å². The quantitative estimate of drug-likeness (QED) is 0.416. The van der Waals surface area contributed by atoms with Crippen LogP contribution in [0.3, 0.4) is 0 Å². The molecule has 0 atom stereocenters. The zero-order valence-corrected chi connectivity index (χ0v) is 10.3. The molecule has 1 aromatic carbocycles. The van der Waals surface area contributed by atoms with Crippen LogP contribution in [-0.2, 0) is 4.74 Å². The normalized spacial score (nSPS) is 9.89. The smallest absolute Gasteiger partial charge is 0.289 e. The fourth-order valence-electron chi connectivity index (χ4n) is 1.46. The van der Waals surface area contributed by atoms with Gasteiger partial charge in [0.05, 0.1) is 18.1 Å². The van der Waals surface area contributed by atoms with Crippen molar-refractivity contribution in [3.8, 4) is 6.07 Å². The van der Waals surface area contributed by atoms with Gasteiger partial charge in [0.1, 0.15) is 11.6 Å². The number of aliphatic hydroxyl groups excluding tert-OH is 1. The van der Waals surface area contributed by atoms with Gasteiger partial charge in [0.25, 0.3) is 5.69 Å². The second kappa shape index (κ2) is 8.02. The highest BCUT2D eigenvalue weighted by atomic mass is 16.6. The fourth-order valence-corrected chi connectivity index (χ4v) is 1.46. The number of ether oxygens (including phenoxy) is 1. The minimum Gasteiger partial charge on any atom is -0.394 e. The molecule has 0 bridgehead atoms. The third-order valence-corrected chi connectivity index (χ3v) is 2.35. The van der Waals surface area contributed by atoms with E-state index in [1.807, 2.05) is 0 Å². The number of nitro groups is 1. The Morgan fingerprint density at radius 1 is 1.47 bits per heavy atom. The zero-order chi connectivity index (χ0) is 14.1. The minimum absolute atomic E-state index is 0.00472. The van der Waals surface area contributed by atoms with Crippen LogP contribution in [0, 0.1) is 21.4 Å². The number of nitrogens with one attached hydrogen (secondary N) is 1. The molecule has 0 radical (unpaired) electrons. The van der Waals surface area contributed by atoms with Crippen LogP contribution in [0.25, 0.3) is 0 Å². The molecule has 0 fully saturated rings. The molecule has 7 heteroatoms. The molecule has 0 unspecified atom stereocenters. The molecule has 0 saturated carbocycles. The number of benzene rings is 1. The van der Waals surface area contributed by atoms with Crippen LogP contribution in [0.15, 0.2) is 18.2 Å². The van der Waals surface area contributed by atoms with E-state index in [1.165, 1.54) is 12.1 Å². The number of rotatable bonds is 8. The van der Waals surface area contributed by atoms with Crippen LogP contribution in [0.1, 0.15) is 12.0 Å². The number of hydrogen-bond acceptors (Lipinski definition) is 6. The van der Waals surface area contributed by atoms with Crippen molar-refractivity contribution in [2.45, 2.75) is 6.42 Å². The predicted octanol–water partition coefficient (Wildman–Crippen LogP) is 1.28. The van der Waals surface area contributed by atoms with Gasteiger partial charge in [-0.3, -0.25) is 10.1 Å². The highest BCUT2D eigenvalue weighted by Gasteiger charge is 2.13. The average molecular weight is 265 g/mol. The van der Waals surface area contributed by atoms with Crippen molar-refractivity contribution in [1.29, 1.82) is 5.26 Å². The van der Waals surface area contributed by atoms with Gasteiger partial charge < -0.3 is 15.2 Å². The lowest BCUT2D eigenvalue weighted by Crippen LogP contribution is -2.08. The third-order valence-electron chi connectivity index (χ3n) is 2.35. The monoisotopic (exact) mass is 265 g/mol. The molecule has 1 rings (SSSR count). The van der Waals surface area contributed by atoms with Crippen molar-refractivity contribution < 1.29 is 14.8 Å². The summed E-state index contributed by atoms with van der Waals surface area (Å²) >= 11 is 0. The third kappa shape index (κ3) is 4.91. The van der Waals surface area contributed by atoms with Gasteiger partial charge in [-0.05, 0) is 18.6 Å². The molecular formula is C12H15N3O4. The molecule has 0 aliphatic carbocycles. The summed E-state index contributed by atoms with van der Waals surface area (Å²) in [6.07, 6.45) is 0.716. The second-order valence-electron chi connectivity index (χ2n) is 3.72. The topological polar surface area (TPSA) is 108 Å². The van der Waals surface area contributed by atoms with Gasteiger partial charge in [0.2, 0.25) is 0 Å². The predicted molar refractivity (Wildman–Crippen MR) is 68.8 cm³/mol. The Kier molecular flexibility index (Phi) is 6.29. The van der Waals surface area contributed by atoms with Gasteiger partial charge in [-0.25, -0.2) is 0 Å². The number of nitrogens with zero attached hydrogens (tertiary/aromatic N) is 2. The van der Waals surface area contributed by atoms with Crippen LogP contribution in [0.5, 0.6) is 0 Å². The number of aliphatic hydroxyl groups is 1. The van der Waals surface area contributed by atoms with E-state index in [-0.39, 0.29) is 17.9 Å². The first-order chi connectivity index (χ1) is 9.19. The van der Waals surface area contributed by atoms with E-state index in [1.54, 1.807) is 12.1 Å². The number of hydrogen-bond donors (Lipinski definition) is 2. The molecule has 2 N–H and O–H groups in total. The van der Waals surface area contributed by atoms with E-state index in [0.717, 1.165) is 0 Å². The van der Waals surface area contributed by atoms with Crippen molar-refractivity contribution in [3.63, 3.8) is 0 Å². The van der Waals surface area contributed by atoms with Crippen molar-refractivity contribution in [1.82, 2.24) is 0 Å². The maximum atomic E-state index is 10.8. The van der Waals surface area contributed by atoms with Crippen molar-refractivity contribution in [2.24, 2.45) is 0 Å². The first-order valence-electron chi connectivity index (χ1n) is 5.80.